The fourth-order valence-corrected chi connectivity index (χ4v) is 4.86. The van der Waals surface area contributed by atoms with Crippen molar-refractivity contribution in [3.05, 3.63) is 135 Å². The van der Waals surface area contributed by atoms with Crippen molar-refractivity contribution in [1.29, 1.82) is 0 Å². The molecular weight excluding hydrogens is 560 g/mol. The summed E-state index contributed by atoms with van der Waals surface area (Å²) in [4.78, 5) is 16.1. The van der Waals surface area contributed by atoms with E-state index in [4.69, 9.17) is 28.2 Å². The van der Waals surface area contributed by atoms with E-state index in [1.807, 2.05) is 41.1 Å². The van der Waals surface area contributed by atoms with E-state index in [0.29, 0.717) is 34.3 Å². The molecule has 0 bridgehead atoms. The van der Waals surface area contributed by atoms with Crippen LogP contribution >= 0.6 is 23.2 Å². The Bertz CT molecular complexity index is 1660. The van der Waals surface area contributed by atoms with Gasteiger partial charge >= 0.3 is 12.1 Å². The second-order valence-corrected chi connectivity index (χ2v) is 10.1. The van der Waals surface area contributed by atoms with Crippen LogP contribution in [0.25, 0.3) is 22.4 Å². The van der Waals surface area contributed by atoms with Gasteiger partial charge in [0.05, 0.1) is 21.8 Å². The van der Waals surface area contributed by atoms with Gasteiger partial charge in [0.2, 0.25) is 0 Å². The number of imidazole rings is 1. The van der Waals surface area contributed by atoms with Crippen LogP contribution < -0.4 is 0 Å². The minimum atomic E-state index is -4.38. The number of hydrogen-bond acceptors (Lipinski definition) is 2. The first kappa shape index (κ1) is 27.5. The van der Waals surface area contributed by atoms with Crippen LogP contribution in [0.2, 0.25) is 10.0 Å². The number of carboxylic acid groups (broad SMARTS) is 1. The average molecular weight is 581 g/mol. The maximum atomic E-state index is 12.9. The fraction of sp³-hybridized carbons (Fsp3) is 0.0968. The van der Waals surface area contributed by atoms with Crippen molar-refractivity contribution in [1.82, 2.24) is 9.55 Å². The Labute approximate surface area is 238 Å². The van der Waals surface area contributed by atoms with Crippen LogP contribution in [0.15, 0.2) is 97.2 Å². The van der Waals surface area contributed by atoms with Gasteiger partial charge in [-0.3, -0.25) is 0 Å². The van der Waals surface area contributed by atoms with Gasteiger partial charge in [-0.1, -0.05) is 71.7 Å². The van der Waals surface area contributed by atoms with Crippen molar-refractivity contribution in [3.63, 3.8) is 0 Å². The first-order valence-electron chi connectivity index (χ1n) is 12.2. The topological polar surface area (TPSA) is 55.1 Å². The Morgan fingerprint density at radius 1 is 0.825 bits per heavy atom. The van der Waals surface area contributed by atoms with E-state index >= 15 is 0 Å². The Balaban J connectivity index is 1.43. The highest BCUT2D eigenvalue weighted by molar-refractivity contribution is 6.36. The largest absolute Gasteiger partial charge is 0.478 e. The third-order valence-electron chi connectivity index (χ3n) is 6.48. The molecule has 1 heterocycles. The SMILES string of the molecule is O=C(O)c1ccc(Cn2cc(-c3ccc(Cl)cc3Cl)nc2Cc2ccc(-c3ccc(C(F)(F)F)cc3)cc2)cc1. The Hall–Kier alpha value is -4.07. The molecule has 5 rings (SSSR count). The molecule has 0 atom stereocenters. The minimum Gasteiger partial charge on any atom is -0.478 e. The highest BCUT2D eigenvalue weighted by Crippen LogP contribution is 2.32. The molecule has 0 spiro atoms. The molecule has 1 N–H and O–H groups in total. The third-order valence-corrected chi connectivity index (χ3v) is 7.03. The van der Waals surface area contributed by atoms with E-state index in [1.54, 1.807) is 36.4 Å². The lowest BCUT2D eigenvalue weighted by atomic mass is 10.0. The zero-order chi connectivity index (χ0) is 28.4. The number of carboxylic acids is 1. The van der Waals surface area contributed by atoms with E-state index in [0.717, 1.165) is 40.2 Å². The van der Waals surface area contributed by atoms with Crippen LogP contribution in [0, 0.1) is 0 Å². The molecule has 0 radical (unpaired) electrons. The molecule has 0 saturated carbocycles. The van der Waals surface area contributed by atoms with Crippen LogP contribution in [0.5, 0.6) is 0 Å². The zero-order valence-corrected chi connectivity index (χ0v) is 22.3. The zero-order valence-electron chi connectivity index (χ0n) is 20.8. The lowest BCUT2D eigenvalue weighted by Gasteiger charge is -2.10. The molecule has 0 unspecified atom stereocenters. The lowest BCUT2D eigenvalue weighted by molar-refractivity contribution is -0.137. The van der Waals surface area contributed by atoms with Crippen LogP contribution in [0.3, 0.4) is 0 Å². The van der Waals surface area contributed by atoms with Gasteiger partial charge in [0.25, 0.3) is 0 Å². The van der Waals surface area contributed by atoms with Crippen molar-refractivity contribution in [3.8, 4) is 22.4 Å². The standard InChI is InChI=1S/C31H21Cl2F3N2O2/c32-25-13-14-26(27(33)16-25)28-18-38(17-20-3-7-23(8-4-20)30(39)40)29(37-28)15-19-1-5-21(6-2-19)22-9-11-24(12-10-22)31(34,35)36/h1-14,16,18H,15,17H2,(H,39,40). The number of aromatic carboxylic acids is 1. The van der Waals surface area contributed by atoms with E-state index in [9.17, 15) is 23.1 Å². The number of halogens is 5. The second-order valence-electron chi connectivity index (χ2n) is 9.25. The summed E-state index contributed by atoms with van der Waals surface area (Å²) in [6.45, 7) is 0.455. The van der Waals surface area contributed by atoms with Crippen molar-refractivity contribution >= 4 is 29.2 Å². The minimum absolute atomic E-state index is 0.205. The van der Waals surface area contributed by atoms with Gasteiger partial charge in [-0.05, 0) is 64.7 Å². The molecule has 0 aliphatic carbocycles. The predicted molar refractivity (Wildman–Crippen MR) is 150 cm³/mol. The monoisotopic (exact) mass is 580 g/mol. The number of hydrogen-bond donors (Lipinski definition) is 1. The highest BCUT2D eigenvalue weighted by Gasteiger charge is 2.30. The normalized spacial score (nSPS) is 11.5. The Kier molecular flexibility index (Phi) is 7.70. The lowest BCUT2D eigenvalue weighted by Crippen LogP contribution is -2.06. The number of aromatic nitrogens is 2. The summed E-state index contributed by atoms with van der Waals surface area (Å²) in [5, 5.41) is 10.2. The van der Waals surface area contributed by atoms with Crippen molar-refractivity contribution in [2.75, 3.05) is 0 Å². The summed E-state index contributed by atoms with van der Waals surface area (Å²) in [5.74, 6) is -0.236. The van der Waals surface area contributed by atoms with E-state index < -0.39 is 17.7 Å². The smallest absolute Gasteiger partial charge is 0.416 e. The van der Waals surface area contributed by atoms with Crippen molar-refractivity contribution in [2.24, 2.45) is 0 Å². The number of benzene rings is 4. The molecule has 9 heteroatoms. The van der Waals surface area contributed by atoms with E-state index in [-0.39, 0.29) is 5.56 Å². The molecule has 0 fully saturated rings. The molecular formula is C31H21Cl2F3N2O2. The van der Waals surface area contributed by atoms with Gasteiger partial charge in [-0.2, -0.15) is 13.2 Å². The summed E-state index contributed by atoms with van der Waals surface area (Å²) in [5.41, 5.74) is 4.25. The van der Waals surface area contributed by atoms with Gasteiger partial charge in [0, 0.05) is 29.7 Å². The van der Waals surface area contributed by atoms with Gasteiger partial charge in [-0.25, -0.2) is 9.78 Å². The van der Waals surface area contributed by atoms with E-state index in [1.165, 1.54) is 12.1 Å². The number of carbonyl (C=O) groups is 1. The van der Waals surface area contributed by atoms with Gasteiger partial charge in [0.15, 0.2) is 0 Å². The molecule has 40 heavy (non-hydrogen) atoms. The molecule has 1 aromatic heterocycles. The third kappa shape index (κ3) is 6.22. The Morgan fingerprint density at radius 2 is 1.43 bits per heavy atom. The van der Waals surface area contributed by atoms with E-state index in [2.05, 4.69) is 0 Å². The maximum absolute atomic E-state index is 12.9. The van der Waals surface area contributed by atoms with Crippen LogP contribution in [0.1, 0.15) is 32.9 Å². The van der Waals surface area contributed by atoms with Gasteiger partial charge in [0.1, 0.15) is 5.82 Å². The maximum Gasteiger partial charge on any atom is 0.416 e. The first-order valence-corrected chi connectivity index (χ1v) is 12.9. The quantitative estimate of drug-likeness (QED) is 0.209. The fourth-order valence-electron chi connectivity index (χ4n) is 4.36. The molecule has 0 amide bonds. The molecule has 5 aromatic rings. The summed E-state index contributed by atoms with van der Waals surface area (Å²) in [6.07, 6.45) is -2.00. The van der Waals surface area contributed by atoms with Crippen LogP contribution in [-0.4, -0.2) is 20.6 Å². The highest BCUT2D eigenvalue weighted by atomic mass is 35.5. The number of alkyl halides is 3. The van der Waals surface area contributed by atoms with Crippen molar-refractivity contribution < 1.29 is 23.1 Å². The molecule has 202 valence electrons. The summed E-state index contributed by atoms with van der Waals surface area (Å²) in [7, 11) is 0. The van der Waals surface area contributed by atoms with Crippen LogP contribution in [0.4, 0.5) is 13.2 Å². The first-order chi connectivity index (χ1) is 19.1. The molecule has 4 nitrogen and oxygen atoms in total. The average Bonchev–Trinajstić information content (AvgIpc) is 3.30. The predicted octanol–water partition coefficient (Wildman–Crippen LogP) is 8.88. The van der Waals surface area contributed by atoms with Gasteiger partial charge in [-0.15, -0.1) is 0 Å². The van der Waals surface area contributed by atoms with Crippen molar-refractivity contribution in [2.45, 2.75) is 19.1 Å². The summed E-state index contributed by atoms with van der Waals surface area (Å²) < 4.78 is 40.7. The second kappa shape index (κ2) is 11.2. The number of rotatable bonds is 7. The summed E-state index contributed by atoms with van der Waals surface area (Å²) in [6, 6.07) is 24.5. The molecule has 0 aliphatic heterocycles. The summed E-state index contributed by atoms with van der Waals surface area (Å²) >= 11 is 12.5. The Morgan fingerprint density at radius 3 is 2.00 bits per heavy atom. The van der Waals surface area contributed by atoms with Crippen LogP contribution in [-0.2, 0) is 19.1 Å². The van der Waals surface area contributed by atoms with Gasteiger partial charge < -0.3 is 9.67 Å². The number of nitrogens with zero attached hydrogens (tertiary/aromatic N) is 2. The molecule has 0 aliphatic rings. The molecule has 0 saturated heterocycles. The molecule has 4 aromatic carbocycles.